The molecule has 3 aromatic rings. The molecule has 37 heavy (non-hydrogen) atoms. The van der Waals surface area contributed by atoms with Gasteiger partial charge in [0.15, 0.2) is 5.92 Å². The molecule has 0 aliphatic carbocycles. The standard InChI is InChI=1S/C28H28N2O7/c1-16(2)37-19-12-9-17(10-13-19)20-7-5-6-8-21(20)25(31)29-23-14-11-18(24(27(33)34)28(35)36)15-22(23)26(32)30(3)4/h5-16,24H,1-4H3,(H,29,31)(H,33,34)(H,35,36). The number of aliphatic carboxylic acids is 2. The van der Waals surface area contributed by atoms with Crippen LogP contribution in [0.15, 0.2) is 66.7 Å². The number of amides is 2. The number of hydrogen-bond acceptors (Lipinski definition) is 5. The molecule has 0 fully saturated rings. The summed E-state index contributed by atoms with van der Waals surface area (Å²) in [4.78, 5) is 50.5. The van der Waals surface area contributed by atoms with Gasteiger partial charge in [0, 0.05) is 19.7 Å². The number of carbonyl (C=O) groups excluding carboxylic acids is 2. The Morgan fingerprint density at radius 1 is 0.838 bits per heavy atom. The molecule has 0 bridgehead atoms. The van der Waals surface area contributed by atoms with Crippen molar-refractivity contribution in [2.24, 2.45) is 0 Å². The summed E-state index contributed by atoms with van der Waals surface area (Å²) >= 11 is 0. The fourth-order valence-corrected chi connectivity index (χ4v) is 3.77. The van der Waals surface area contributed by atoms with Crippen LogP contribution in [-0.2, 0) is 9.59 Å². The van der Waals surface area contributed by atoms with E-state index in [-0.39, 0.29) is 22.9 Å². The second-order valence-corrected chi connectivity index (χ2v) is 8.80. The Morgan fingerprint density at radius 2 is 1.46 bits per heavy atom. The molecule has 0 saturated carbocycles. The van der Waals surface area contributed by atoms with E-state index in [2.05, 4.69) is 5.32 Å². The average Bonchev–Trinajstić information content (AvgIpc) is 2.84. The molecule has 0 aromatic heterocycles. The molecule has 0 heterocycles. The summed E-state index contributed by atoms with van der Waals surface area (Å²) in [6, 6.07) is 18.1. The first-order chi connectivity index (χ1) is 17.5. The highest BCUT2D eigenvalue weighted by Gasteiger charge is 2.30. The van der Waals surface area contributed by atoms with Crippen LogP contribution in [0.4, 0.5) is 5.69 Å². The van der Waals surface area contributed by atoms with Crippen molar-refractivity contribution in [2.75, 3.05) is 19.4 Å². The van der Waals surface area contributed by atoms with Gasteiger partial charge in [-0.3, -0.25) is 19.2 Å². The van der Waals surface area contributed by atoms with E-state index in [1.54, 1.807) is 24.3 Å². The van der Waals surface area contributed by atoms with E-state index < -0.39 is 29.7 Å². The van der Waals surface area contributed by atoms with E-state index in [1.165, 1.54) is 37.2 Å². The lowest BCUT2D eigenvalue weighted by Crippen LogP contribution is -2.26. The highest BCUT2D eigenvalue weighted by molar-refractivity contribution is 6.12. The van der Waals surface area contributed by atoms with E-state index >= 15 is 0 Å². The molecule has 0 saturated heterocycles. The van der Waals surface area contributed by atoms with Crippen molar-refractivity contribution in [1.82, 2.24) is 4.90 Å². The molecule has 192 valence electrons. The minimum Gasteiger partial charge on any atom is -0.491 e. The zero-order valence-corrected chi connectivity index (χ0v) is 20.9. The number of rotatable bonds is 9. The van der Waals surface area contributed by atoms with E-state index in [0.717, 1.165) is 5.56 Å². The number of carboxylic acid groups (broad SMARTS) is 2. The van der Waals surface area contributed by atoms with Crippen molar-refractivity contribution in [2.45, 2.75) is 25.9 Å². The molecule has 0 aliphatic heterocycles. The van der Waals surface area contributed by atoms with Gasteiger partial charge >= 0.3 is 11.9 Å². The van der Waals surface area contributed by atoms with E-state index in [0.29, 0.717) is 16.9 Å². The van der Waals surface area contributed by atoms with Gasteiger partial charge in [0.05, 0.1) is 17.4 Å². The minimum absolute atomic E-state index is 0.0238. The number of nitrogens with one attached hydrogen (secondary N) is 1. The fourth-order valence-electron chi connectivity index (χ4n) is 3.77. The molecule has 0 aliphatic rings. The van der Waals surface area contributed by atoms with Crippen LogP contribution in [0.25, 0.3) is 11.1 Å². The Labute approximate surface area is 214 Å². The number of nitrogens with zero attached hydrogens (tertiary/aromatic N) is 1. The van der Waals surface area contributed by atoms with Crippen LogP contribution in [-0.4, -0.2) is 59.1 Å². The quantitative estimate of drug-likeness (QED) is 0.369. The maximum atomic E-state index is 13.4. The zero-order valence-electron chi connectivity index (χ0n) is 20.9. The number of carboxylic acids is 2. The van der Waals surface area contributed by atoms with E-state index in [4.69, 9.17) is 4.74 Å². The van der Waals surface area contributed by atoms with Gasteiger partial charge in [-0.25, -0.2) is 0 Å². The fraction of sp³-hybridized carbons (Fsp3) is 0.214. The second kappa shape index (κ2) is 11.4. The Bertz CT molecular complexity index is 1320. The van der Waals surface area contributed by atoms with Gasteiger partial charge in [0.25, 0.3) is 11.8 Å². The maximum Gasteiger partial charge on any atom is 0.322 e. The first kappa shape index (κ1) is 26.9. The smallest absolute Gasteiger partial charge is 0.322 e. The van der Waals surface area contributed by atoms with Crippen molar-refractivity contribution >= 4 is 29.4 Å². The molecular formula is C28H28N2O7. The average molecular weight is 505 g/mol. The summed E-state index contributed by atoms with van der Waals surface area (Å²) in [5, 5.41) is 21.4. The topological polar surface area (TPSA) is 133 Å². The number of anilines is 1. The summed E-state index contributed by atoms with van der Waals surface area (Å²) in [6.45, 7) is 3.86. The van der Waals surface area contributed by atoms with Crippen molar-refractivity contribution in [3.8, 4) is 16.9 Å². The number of hydrogen-bond donors (Lipinski definition) is 3. The summed E-state index contributed by atoms with van der Waals surface area (Å²) in [6.07, 6.45) is 0.0238. The molecular weight excluding hydrogens is 476 g/mol. The Balaban J connectivity index is 1.99. The van der Waals surface area contributed by atoms with Gasteiger partial charge in [0.1, 0.15) is 5.75 Å². The van der Waals surface area contributed by atoms with Gasteiger partial charge < -0.3 is 25.2 Å². The van der Waals surface area contributed by atoms with Crippen molar-refractivity contribution in [3.05, 3.63) is 83.4 Å². The molecule has 9 heteroatoms. The monoisotopic (exact) mass is 504 g/mol. The molecule has 3 rings (SSSR count). The second-order valence-electron chi connectivity index (χ2n) is 8.80. The highest BCUT2D eigenvalue weighted by Crippen LogP contribution is 2.29. The molecule has 0 spiro atoms. The van der Waals surface area contributed by atoms with Crippen LogP contribution >= 0.6 is 0 Å². The first-order valence-electron chi connectivity index (χ1n) is 11.5. The van der Waals surface area contributed by atoms with Crippen LogP contribution < -0.4 is 10.1 Å². The molecule has 3 aromatic carbocycles. The Kier molecular flexibility index (Phi) is 8.29. The predicted molar refractivity (Wildman–Crippen MR) is 138 cm³/mol. The number of carbonyl (C=O) groups is 4. The largest absolute Gasteiger partial charge is 0.491 e. The van der Waals surface area contributed by atoms with Crippen LogP contribution in [0.5, 0.6) is 5.75 Å². The molecule has 0 unspecified atom stereocenters. The lowest BCUT2D eigenvalue weighted by molar-refractivity contribution is -0.150. The van der Waals surface area contributed by atoms with Crippen molar-refractivity contribution in [3.63, 3.8) is 0 Å². The Morgan fingerprint density at radius 3 is 2.03 bits per heavy atom. The zero-order chi connectivity index (χ0) is 27.3. The van der Waals surface area contributed by atoms with Crippen LogP contribution in [0.3, 0.4) is 0 Å². The summed E-state index contributed by atoms with van der Waals surface area (Å²) in [5.74, 6) is -5.31. The van der Waals surface area contributed by atoms with Gasteiger partial charge in [-0.15, -0.1) is 0 Å². The van der Waals surface area contributed by atoms with Gasteiger partial charge in [-0.1, -0.05) is 36.4 Å². The minimum atomic E-state index is -1.86. The van der Waals surface area contributed by atoms with Gasteiger partial charge in [-0.2, -0.15) is 0 Å². The van der Waals surface area contributed by atoms with E-state index in [9.17, 15) is 29.4 Å². The maximum absolute atomic E-state index is 13.4. The molecule has 9 nitrogen and oxygen atoms in total. The summed E-state index contributed by atoms with van der Waals surface area (Å²) in [5.41, 5.74) is 1.79. The normalized spacial score (nSPS) is 10.8. The third kappa shape index (κ3) is 6.32. The van der Waals surface area contributed by atoms with Crippen molar-refractivity contribution in [1.29, 1.82) is 0 Å². The summed E-state index contributed by atoms with van der Waals surface area (Å²) in [7, 11) is 2.99. The highest BCUT2D eigenvalue weighted by atomic mass is 16.5. The third-order valence-corrected chi connectivity index (χ3v) is 5.46. The molecule has 3 N–H and O–H groups in total. The predicted octanol–water partition coefficient (Wildman–Crippen LogP) is 4.35. The van der Waals surface area contributed by atoms with E-state index in [1.807, 2.05) is 38.1 Å². The molecule has 0 atom stereocenters. The summed E-state index contributed by atoms with van der Waals surface area (Å²) < 4.78 is 5.68. The SMILES string of the molecule is CC(C)Oc1ccc(-c2ccccc2C(=O)Nc2ccc(C(C(=O)O)C(=O)O)cc2C(=O)N(C)C)cc1. The number of benzene rings is 3. The third-order valence-electron chi connectivity index (χ3n) is 5.46. The lowest BCUT2D eigenvalue weighted by atomic mass is 9.95. The van der Waals surface area contributed by atoms with Crippen LogP contribution in [0.2, 0.25) is 0 Å². The first-order valence-corrected chi connectivity index (χ1v) is 11.5. The van der Waals surface area contributed by atoms with Crippen LogP contribution in [0.1, 0.15) is 46.0 Å². The number of ether oxygens (including phenoxy) is 1. The lowest BCUT2D eigenvalue weighted by Gasteiger charge is -2.18. The van der Waals surface area contributed by atoms with Gasteiger partial charge in [0.2, 0.25) is 0 Å². The van der Waals surface area contributed by atoms with Gasteiger partial charge in [-0.05, 0) is 60.9 Å². The Hall–Kier alpha value is -4.66. The molecule has 0 radical (unpaired) electrons. The molecule has 2 amide bonds. The van der Waals surface area contributed by atoms with Crippen molar-refractivity contribution < 1.29 is 34.1 Å². The van der Waals surface area contributed by atoms with Crippen LogP contribution in [0, 0.1) is 0 Å².